The molecule has 31 heavy (non-hydrogen) atoms. The smallest absolute Gasteiger partial charge is 0.243 e. The van der Waals surface area contributed by atoms with Crippen molar-refractivity contribution in [1.29, 1.82) is 0 Å². The number of ether oxygens (including phenoxy) is 2. The molecule has 1 aromatic rings. The average Bonchev–Trinajstić information content (AvgIpc) is 2.69. The van der Waals surface area contributed by atoms with Crippen molar-refractivity contribution >= 4 is 21.6 Å². The Kier molecular flexibility index (Phi) is 7.75. The highest BCUT2D eigenvalue weighted by atomic mass is 32.2. The minimum absolute atomic E-state index is 0.0578. The number of carbonyl (C=O) groups excluding carboxylic acids is 1. The fraction of sp³-hybridized carbons (Fsp3) is 0.682. The number of rotatable bonds is 6. The Bertz CT molecular complexity index is 873. The van der Waals surface area contributed by atoms with Gasteiger partial charge < -0.3 is 14.8 Å². The van der Waals surface area contributed by atoms with Gasteiger partial charge in [0.25, 0.3) is 0 Å². The van der Waals surface area contributed by atoms with Gasteiger partial charge >= 0.3 is 0 Å². The number of amides is 1. The lowest BCUT2D eigenvalue weighted by atomic mass is 9.99. The highest BCUT2D eigenvalue weighted by Crippen LogP contribution is 2.26. The van der Waals surface area contributed by atoms with Gasteiger partial charge in [-0.1, -0.05) is 19.9 Å². The zero-order chi connectivity index (χ0) is 22.8. The van der Waals surface area contributed by atoms with Gasteiger partial charge in [-0.3, -0.25) is 9.69 Å². The number of nitrogens with zero attached hydrogens (tertiary/aromatic N) is 2. The maximum absolute atomic E-state index is 13.2. The Morgan fingerprint density at radius 1 is 1.13 bits per heavy atom. The molecule has 1 aromatic carbocycles. The quantitative estimate of drug-likeness (QED) is 0.710. The SMILES string of the molecule is Cc1ccc(NC(=O)C(C(C)C)N2CC(C)OC(C)C2)cc1S(=O)(=O)N1CCOCC1. The highest BCUT2D eigenvalue weighted by Gasteiger charge is 2.34. The molecule has 9 heteroatoms. The topological polar surface area (TPSA) is 88.2 Å². The van der Waals surface area contributed by atoms with E-state index >= 15 is 0 Å². The summed E-state index contributed by atoms with van der Waals surface area (Å²) < 4.78 is 38.8. The van der Waals surface area contributed by atoms with Gasteiger partial charge in [0.2, 0.25) is 15.9 Å². The fourth-order valence-electron chi connectivity index (χ4n) is 4.43. The minimum Gasteiger partial charge on any atom is -0.379 e. The lowest BCUT2D eigenvalue weighted by Crippen LogP contribution is -2.55. The molecule has 2 heterocycles. The summed E-state index contributed by atoms with van der Waals surface area (Å²) in [4.78, 5) is 15.6. The van der Waals surface area contributed by atoms with Crippen LogP contribution in [0.4, 0.5) is 5.69 Å². The zero-order valence-electron chi connectivity index (χ0n) is 19.1. The predicted octanol–water partition coefficient (Wildman–Crippen LogP) is 2.09. The predicted molar refractivity (Wildman–Crippen MR) is 120 cm³/mol. The van der Waals surface area contributed by atoms with E-state index in [9.17, 15) is 13.2 Å². The first-order valence-corrected chi connectivity index (χ1v) is 12.4. The number of hydrogen-bond donors (Lipinski definition) is 1. The van der Waals surface area contributed by atoms with E-state index < -0.39 is 10.0 Å². The van der Waals surface area contributed by atoms with Gasteiger partial charge in [-0.25, -0.2) is 8.42 Å². The number of morpholine rings is 2. The Balaban J connectivity index is 1.81. The third-order valence-electron chi connectivity index (χ3n) is 5.78. The molecule has 1 N–H and O–H groups in total. The molecule has 174 valence electrons. The van der Waals surface area contributed by atoms with Crippen LogP contribution in [-0.4, -0.2) is 81.2 Å². The summed E-state index contributed by atoms with van der Waals surface area (Å²) in [5.74, 6) is -0.0330. The Hall–Kier alpha value is -1.52. The fourth-order valence-corrected chi connectivity index (χ4v) is 6.09. The van der Waals surface area contributed by atoms with Crippen LogP contribution in [0, 0.1) is 12.8 Å². The van der Waals surface area contributed by atoms with E-state index in [2.05, 4.69) is 10.2 Å². The first-order chi connectivity index (χ1) is 14.6. The average molecular weight is 454 g/mol. The van der Waals surface area contributed by atoms with E-state index in [-0.39, 0.29) is 35.0 Å². The summed E-state index contributed by atoms with van der Waals surface area (Å²) in [5.41, 5.74) is 1.14. The summed E-state index contributed by atoms with van der Waals surface area (Å²) in [5, 5.41) is 2.96. The van der Waals surface area contributed by atoms with Crippen LogP contribution in [0.15, 0.2) is 23.1 Å². The van der Waals surface area contributed by atoms with Gasteiger partial charge in [0.05, 0.1) is 36.4 Å². The Morgan fingerprint density at radius 3 is 2.32 bits per heavy atom. The van der Waals surface area contributed by atoms with Crippen LogP contribution in [-0.2, 0) is 24.3 Å². The van der Waals surface area contributed by atoms with E-state index in [1.807, 2.05) is 27.7 Å². The zero-order valence-corrected chi connectivity index (χ0v) is 19.9. The molecule has 8 nitrogen and oxygen atoms in total. The molecule has 2 aliphatic heterocycles. The summed E-state index contributed by atoms with van der Waals surface area (Å²) in [6.07, 6.45) is 0.116. The van der Waals surface area contributed by atoms with E-state index in [4.69, 9.17) is 9.47 Å². The summed E-state index contributed by atoms with van der Waals surface area (Å²) in [7, 11) is -3.65. The standard InChI is InChI=1S/C22H35N3O5S/c1-15(2)21(24-13-17(4)30-18(5)14-24)22(26)23-19-7-6-16(3)20(12-19)31(27,28)25-8-10-29-11-9-25/h6-7,12,15,17-18,21H,8-11,13-14H2,1-5H3,(H,23,26). The molecular formula is C22H35N3O5S. The summed E-state index contributed by atoms with van der Waals surface area (Å²) in [6, 6.07) is 4.74. The molecule has 0 spiro atoms. The second-order valence-corrected chi connectivity index (χ2v) is 10.8. The number of anilines is 1. The highest BCUT2D eigenvalue weighted by molar-refractivity contribution is 7.89. The number of benzene rings is 1. The van der Waals surface area contributed by atoms with Crippen molar-refractivity contribution in [3.05, 3.63) is 23.8 Å². The van der Waals surface area contributed by atoms with Crippen LogP contribution in [0.2, 0.25) is 0 Å². The van der Waals surface area contributed by atoms with Gasteiger partial charge in [-0.2, -0.15) is 4.31 Å². The number of nitrogens with one attached hydrogen (secondary N) is 1. The molecule has 3 unspecified atom stereocenters. The molecule has 1 amide bonds. The first kappa shape index (κ1) is 24.1. The Labute approximate surface area is 185 Å². The van der Waals surface area contributed by atoms with Crippen molar-refractivity contribution in [3.8, 4) is 0 Å². The van der Waals surface area contributed by atoms with Crippen LogP contribution >= 0.6 is 0 Å². The molecule has 0 radical (unpaired) electrons. The molecular weight excluding hydrogens is 418 g/mol. The van der Waals surface area contributed by atoms with Gasteiger partial charge in [-0.15, -0.1) is 0 Å². The van der Waals surface area contributed by atoms with E-state index in [0.29, 0.717) is 50.6 Å². The normalized spacial score (nSPS) is 24.8. The van der Waals surface area contributed by atoms with Crippen molar-refractivity contribution in [1.82, 2.24) is 9.21 Å². The molecule has 3 atom stereocenters. The van der Waals surface area contributed by atoms with Crippen molar-refractivity contribution in [2.24, 2.45) is 5.92 Å². The Morgan fingerprint density at radius 2 is 1.74 bits per heavy atom. The van der Waals surface area contributed by atoms with Crippen LogP contribution in [0.25, 0.3) is 0 Å². The van der Waals surface area contributed by atoms with Crippen molar-refractivity contribution < 1.29 is 22.7 Å². The molecule has 0 aliphatic carbocycles. The van der Waals surface area contributed by atoms with Crippen LogP contribution in [0.3, 0.4) is 0 Å². The van der Waals surface area contributed by atoms with Gasteiger partial charge in [0, 0.05) is 31.9 Å². The van der Waals surface area contributed by atoms with E-state index in [0.717, 1.165) is 0 Å². The van der Waals surface area contributed by atoms with Crippen LogP contribution < -0.4 is 5.32 Å². The van der Waals surface area contributed by atoms with Gasteiger partial charge in [0.15, 0.2) is 0 Å². The van der Waals surface area contributed by atoms with Crippen molar-refractivity contribution in [2.75, 3.05) is 44.7 Å². The molecule has 2 saturated heterocycles. The summed E-state index contributed by atoms with van der Waals surface area (Å²) >= 11 is 0. The number of aryl methyl sites for hydroxylation is 1. The maximum atomic E-state index is 13.2. The molecule has 2 fully saturated rings. The minimum atomic E-state index is -3.65. The second-order valence-electron chi connectivity index (χ2n) is 8.89. The second kappa shape index (κ2) is 9.95. The van der Waals surface area contributed by atoms with E-state index in [1.165, 1.54) is 4.31 Å². The van der Waals surface area contributed by atoms with Gasteiger partial charge in [-0.05, 0) is 44.4 Å². The lowest BCUT2D eigenvalue weighted by Gasteiger charge is -2.41. The molecule has 0 aromatic heterocycles. The third-order valence-corrected chi connectivity index (χ3v) is 7.83. The van der Waals surface area contributed by atoms with Crippen molar-refractivity contribution in [3.63, 3.8) is 0 Å². The molecule has 0 bridgehead atoms. The number of carbonyl (C=O) groups is 1. The van der Waals surface area contributed by atoms with Crippen LogP contribution in [0.1, 0.15) is 33.3 Å². The molecule has 3 rings (SSSR count). The molecule has 0 saturated carbocycles. The maximum Gasteiger partial charge on any atom is 0.243 e. The van der Waals surface area contributed by atoms with Crippen molar-refractivity contribution in [2.45, 2.75) is 57.8 Å². The lowest BCUT2D eigenvalue weighted by molar-refractivity contribution is -0.130. The summed E-state index contributed by atoms with van der Waals surface area (Å²) in [6.45, 7) is 12.7. The monoisotopic (exact) mass is 453 g/mol. The van der Waals surface area contributed by atoms with E-state index in [1.54, 1.807) is 25.1 Å². The number of sulfonamides is 1. The van der Waals surface area contributed by atoms with Gasteiger partial charge in [0.1, 0.15) is 0 Å². The first-order valence-electron chi connectivity index (χ1n) is 11.0. The molecule has 2 aliphatic rings. The van der Waals surface area contributed by atoms with Crippen LogP contribution in [0.5, 0.6) is 0 Å². The number of hydrogen-bond acceptors (Lipinski definition) is 6. The third kappa shape index (κ3) is 5.64. The largest absolute Gasteiger partial charge is 0.379 e.